The first kappa shape index (κ1) is 47.5. The third kappa shape index (κ3) is 16.2. The van der Waals surface area contributed by atoms with E-state index in [0.717, 1.165) is 5.56 Å². The number of hydrogen-bond donors (Lipinski definition) is 4. The second-order valence-electron chi connectivity index (χ2n) is 14.2. The highest BCUT2D eigenvalue weighted by molar-refractivity contribution is 7.84. The van der Waals surface area contributed by atoms with Gasteiger partial charge in [-0.15, -0.1) is 0 Å². The van der Waals surface area contributed by atoms with Crippen LogP contribution < -0.4 is 26.8 Å². The summed E-state index contributed by atoms with van der Waals surface area (Å²) in [7, 11) is 0.0492. The van der Waals surface area contributed by atoms with Crippen molar-refractivity contribution in [2.24, 2.45) is 17.4 Å². The third-order valence-corrected chi connectivity index (χ3v) is 9.87. The molecule has 310 valence electrons. The summed E-state index contributed by atoms with van der Waals surface area (Å²) in [5.74, 6) is -2.83. The standard InChI is InChI=1S/C40H59N5O10S/c1-25(2)24-54-40(51)55-34-20-26(3)30(27(4)28(34)5)22-32(42)39(50)45(38(49)31(41)17-19-56(7)52)23-35(46)44-33(21-29-14-10-8-11-15-29)37(48)43-18-13-9-12-16-36(47)53-6/h8,10-11,14-15,20,25,31-33H,9,12-13,16-19,21-24,41-42H2,1-7H3,(H,43,48)(H,44,46)/t31-,32+,33+,56?/m1/s1. The van der Waals surface area contributed by atoms with Gasteiger partial charge in [-0.1, -0.05) is 50.6 Å². The molecule has 4 amide bonds. The fourth-order valence-corrected chi connectivity index (χ4v) is 6.30. The van der Waals surface area contributed by atoms with E-state index in [-0.39, 0.29) is 55.7 Å². The normalized spacial score (nSPS) is 13.2. The number of unbranched alkanes of at least 4 members (excludes halogenated alkanes) is 2. The van der Waals surface area contributed by atoms with Crippen LogP contribution >= 0.6 is 0 Å². The largest absolute Gasteiger partial charge is 0.513 e. The Morgan fingerprint density at radius 3 is 2.18 bits per heavy atom. The van der Waals surface area contributed by atoms with Crippen molar-refractivity contribution in [3.63, 3.8) is 0 Å². The van der Waals surface area contributed by atoms with Crippen molar-refractivity contribution < 1.29 is 47.2 Å². The molecule has 2 rings (SSSR count). The first-order valence-electron chi connectivity index (χ1n) is 18.7. The monoisotopic (exact) mass is 801 g/mol. The summed E-state index contributed by atoms with van der Waals surface area (Å²) < 4.78 is 27.0. The number of ether oxygens (including phenoxy) is 3. The minimum Gasteiger partial charge on any atom is -0.469 e. The zero-order chi connectivity index (χ0) is 41.9. The second kappa shape index (κ2) is 24.1. The molecule has 2 aromatic carbocycles. The molecule has 0 fully saturated rings. The highest BCUT2D eigenvalue weighted by Gasteiger charge is 2.33. The summed E-state index contributed by atoms with van der Waals surface area (Å²) in [5.41, 5.74) is 16.1. The van der Waals surface area contributed by atoms with Gasteiger partial charge in [0.1, 0.15) is 18.3 Å². The lowest BCUT2D eigenvalue weighted by atomic mass is 9.92. The lowest BCUT2D eigenvalue weighted by molar-refractivity contribution is -0.149. The van der Waals surface area contributed by atoms with Crippen molar-refractivity contribution in [3.05, 3.63) is 64.2 Å². The first-order valence-corrected chi connectivity index (χ1v) is 20.5. The number of hydrogen-bond acceptors (Lipinski definition) is 12. The quantitative estimate of drug-likeness (QED) is 0.0766. The van der Waals surface area contributed by atoms with Crippen LogP contribution in [0.25, 0.3) is 0 Å². The lowest BCUT2D eigenvalue weighted by Crippen LogP contribution is -2.57. The van der Waals surface area contributed by atoms with E-state index in [1.165, 1.54) is 13.4 Å². The SMILES string of the molecule is COC(=O)CCCCCNC(=O)[C@H](Cc1ccccc1)NC(=O)CN(C(=O)[C@H](N)CCS(C)=O)C(=O)[C@@H](N)Cc1c(C)cc(OC(=O)OCC(C)C)c(C)c1C. The molecular weight excluding hydrogens is 743 g/mol. The number of esters is 1. The van der Waals surface area contributed by atoms with Gasteiger partial charge in [0, 0.05) is 42.2 Å². The molecule has 0 aliphatic heterocycles. The van der Waals surface area contributed by atoms with Crippen molar-refractivity contribution in [1.29, 1.82) is 0 Å². The summed E-state index contributed by atoms with van der Waals surface area (Å²) in [6, 6.07) is 7.03. The van der Waals surface area contributed by atoms with Crippen molar-refractivity contribution in [2.45, 2.75) is 97.7 Å². The highest BCUT2D eigenvalue weighted by atomic mass is 32.2. The van der Waals surface area contributed by atoms with E-state index in [2.05, 4.69) is 15.4 Å². The number of methoxy groups -OCH3 is 1. The lowest BCUT2D eigenvalue weighted by Gasteiger charge is -2.28. The fourth-order valence-electron chi connectivity index (χ4n) is 5.71. The van der Waals surface area contributed by atoms with Crippen molar-refractivity contribution in [2.75, 3.05) is 38.8 Å². The zero-order valence-corrected chi connectivity index (χ0v) is 34.5. The molecule has 0 saturated heterocycles. The van der Waals surface area contributed by atoms with Crippen LogP contribution in [0.3, 0.4) is 0 Å². The Balaban J connectivity index is 2.30. The van der Waals surface area contributed by atoms with Crippen LogP contribution in [0.5, 0.6) is 5.75 Å². The minimum atomic E-state index is -1.30. The zero-order valence-electron chi connectivity index (χ0n) is 33.6. The van der Waals surface area contributed by atoms with Crippen molar-refractivity contribution in [3.8, 4) is 5.75 Å². The Hall–Kier alpha value is -4.67. The van der Waals surface area contributed by atoms with Crippen LogP contribution in [0, 0.1) is 26.7 Å². The minimum absolute atomic E-state index is 0.0142. The number of imide groups is 1. The molecule has 0 aliphatic carbocycles. The predicted molar refractivity (Wildman–Crippen MR) is 213 cm³/mol. The van der Waals surface area contributed by atoms with E-state index in [0.29, 0.717) is 53.0 Å². The van der Waals surface area contributed by atoms with Crippen LogP contribution in [-0.2, 0) is 57.1 Å². The van der Waals surface area contributed by atoms with Gasteiger partial charge in [-0.2, -0.15) is 0 Å². The summed E-state index contributed by atoms with van der Waals surface area (Å²) in [6.45, 7) is 8.82. The molecule has 4 atom stereocenters. The van der Waals surface area contributed by atoms with E-state index in [1.54, 1.807) is 51.1 Å². The van der Waals surface area contributed by atoms with Gasteiger partial charge in [-0.05, 0) is 86.3 Å². The maximum Gasteiger partial charge on any atom is 0.513 e. The summed E-state index contributed by atoms with van der Waals surface area (Å²) >= 11 is 0. The molecule has 2 aromatic rings. The van der Waals surface area contributed by atoms with Crippen LogP contribution in [0.4, 0.5) is 4.79 Å². The third-order valence-electron chi connectivity index (χ3n) is 9.06. The average molecular weight is 802 g/mol. The summed E-state index contributed by atoms with van der Waals surface area (Å²) in [6.07, 6.45) is 2.81. The van der Waals surface area contributed by atoms with E-state index >= 15 is 0 Å². The Morgan fingerprint density at radius 1 is 0.893 bits per heavy atom. The van der Waals surface area contributed by atoms with Gasteiger partial charge in [0.2, 0.25) is 23.6 Å². The van der Waals surface area contributed by atoms with Gasteiger partial charge in [0.15, 0.2) is 0 Å². The molecule has 56 heavy (non-hydrogen) atoms. The molecule has 0 bridgehead atoms. The topological polar surface area (TPSA) is 227 Å². The van der Waals surface area contributed by atoms with E-state index in [9.17, 15) is 33.0 Å². The van der Waals surface area contributed by atoms with E-state index < -0.39 is 65.3 Å². The number of benzene rings is 2. The molecule has 16 heteroatoms. The number of aryl methyl sites for hydroxylation is 1. The van der Waals surface area contributed by atoms with Gasteiger partial charge in [-0.3, -0.25) is 33.1 Å². The molecule has 15 nitrogen and oxygen atoms in total. The number of nitrogens with zero attached hydrogens (tertiary/aromatic N) is 1. The smallest absolute Gasteiger partial charge is 0.469 e. The summed E-state index contributed by atoms with van der Waals surface area (Å²) in [4.78, 5) is 79.1. The molecule has 0 aliphatic rings. The number of nitrogens with two attached hydrogens (primary N) is 2. The van der Waals surface area contributed by atoms with Gasteiger partial charge >= 0.3 is 12.1 Å². The second-order valence-corrected chi connectivity index (χ2v) is 15.8. The number of rotatable bonds is 22. The van der Waals surface area contributed by atoms with Gasteiger partial charge < -0.3 is 36.3 Å². The Morgan fingerprint density at radius 2 is 1.55 bits per heavy atom. The molecule has 0 heterocycles. The van der Waals surface area contributed by atoms with E-state index in [4.69, 9.17) is 20.9 Å². The summed E-state index contributed by atoms with van der Waals surface area (Å²) in [5, 5.41) is 5.50. The molecule has 0 spiro atoms. The Bertz CT molecular complexity index is 1690. The molecule has 0 aromatic heterocycles. The van der Waals surface area contributed by atoms with Gasteiger partial charge in [0.25, 0.3) is 0 Å². The maximum atomic E-state index is 14.0. The predicted octanol–water partition coefficient (Wildman–Crippen LogP) is 2.68. The molecule has 6 N–H and O–H groups in total. The number of nitrogens with one attached hydrogen (secondary N) is 2. The molecule has 0 radical (unpaired) electrons. The number of carbonyl (C=O) groups is 6. The van der Waals surface area contributed by atoms with Crippen molar-refractivity contribution >= 4 is 46.6 Å². The molecule has 0 saturated carbocycles. The fraction of sp³-hybridized carbons (Fsp3) is 0.550. The Kier molecular flexibility index (Phi) is 20.4. The Labute approximate surface area is 332 Å². The van der Waals surface area contributed by atoms with Crippen LogP contribution in [-0.4, -0.2) is 102 Å². The maximum absolute atomic E-state index is 14.0. The van der Waals surface area contributed by atoms with E-state index in [1.807, 2.05) is 19.9 Å². The van der Waals surface area contributed by atoms with Crippen LogP contribution in [0.1, 0.15) is 73.8 Å². The average Bonchev–Trinajstić information content (AvgIpc) is 3.16. The molecular formula is C40H59N5O10S. The van der Waals surface area contributed by atoms with Crippen LogP contribution in [0.2, 0.25) is 0 Å². The number of amides is 4. The first-order chi connectivity index (χ1) is 26.4. The van der Waals surface area contributed by atoms with Gasteiger partial charge in [-0.25, -0.2) is 4.79 Å². The van der Waals surface area contributed by atoms with Crippen molar-refractivity contribution in [1.82, 2.24) is 15.5 Å². The molecule has 1 unspecified atom stereocenters. The van der Waals surface area contributed by atoms with Crippen LogP contribution in [0.15, 0.2) is 36.4 Å². The van der Waals surface area contributed by atoms with Gasteiger partial charge in [0.05, 0.1) is 25.8 Å². The highest BCUT2D eigenvalue weighted by Crippen LogP contribution is 2.29. The number of carbonyl (C=O) groups excluding carboxylic acids is 6.